The minimum absolute atomic E-state index is 0.602. The van der Waals surface area contributed by atoms with Crippen molar-refractivity contribution < 1.29 is 8.83 Å². The third-order valence-corrected chi connectivity index (χ3v) is 10.9. The molecule has 9 aromatic carbocycles. The molecule has 0 aliphatic rings. The molecule has 0 aliphatic heterocycles. The number of hydrogen-bond donors (Lipinski definition) is 0. The highest BCUT2D eigenvalue weighted by Crippen LogP contribution is 2.40. The van der Waals surface area contributed by atoms with Gasteiger partial charge in [0.05, 0.1) is 0 Å². The van der Waals surface area contributed by atoms with Gasteiger partial charge < -0.3 is 13.7 Å². The minimum atomic E-state index is 0.602. The highest BCUT2D eigenvalue weighted by molar-refractivity contribution is 6.10. The fourth-order valence-electron chi connectivity index (χ4n) is 7.94. The van der Waals surface area contributed by atoms with Crippen molar-refractivity contribution in [2.75, 3.05) is 4.90 Å². The van der Waals surface area contributed by atoms with Crippen molar-refractivity contribution in [1.82, 2.24) is 4.98 Å². The summed E-state index contributed by atoms with van der Waals surface area (Å²) < 4.78 is 12.4. The first-order chi connectivity index (χ1) is 28.2. The predicted molar refractivity (Wildman–Crippen MR) is 235 cm³/mol. The van der Waals surface area contributed by atoms with Crippen LogP contribution in [-0.2, 0) is 0 Å². The zero-order chi connectivity index (χ0) is 37.7. The molecule has 268 valence electrons. The monoisotopic (exact) mass is 730 g/mol. The molecule has 0 bridgehead atoms. The van der Waals surface area contributed by atoms with E-state index >= 15 is 0 Å². The van der Waals surface area contributed by atoms with Crippen molar-refractivity contribution in [1.29, 1.82) is 0 Å². The molecule has 11 aromatic rings. The molecule has 2 heterocycles. The Morgan fingerprint density at radius 2 is 0.807 bits per heavy atom. The minimum Gasteiger partial charge on any atom is -0.456 e. The van der Waals surface area contributed by atoms with E-state index in [1.54, 1.807) is 0 Å². The molecule has 0 spiro atoms. The van der Waals surface area contributed by atoms with Gasteiger partial charge in [-0.2, -0.15) is 0 Å². The van der Waals surface area contributed by atoms with E-state index in [1.807, 2.05) is 36.4 Å². The smallest absolute Gasteiger partial charge is 0.227 e. The van der Waals surface area contributed by atoms with Crippen LogP contribution < -0.4 is 4.90 Å². The van der Waals surface area contributed by atoms with Crippen molar-refractivity contribution >= 4 is 60.9 Å². The van der Waals surface area contributed by atoms with Crippen LogP contribution in [-0.4, -0.2) is 4.98 Å². The Hall–Kier alpha value is -7.69. The Morgan fingerprint density at radius 1 is 0.316 bits per heavy atom. The summed E-state index contributed by atoms with van der Waals surface area (Å²) in [6.45, 7) is 0. The molecule has 0 aliphatic carbocycles. The van der Waals surface area contributed by atoms with Crippen molar-refractivity contribution in [2.45, 2.75) is 0 Å². The maximum Gasteiger partial charge on any atom is 0.227 e. The van der Waals surface area contributed by atoms with E-state index in [0.717, 1.165) is 61.2 Å². The number of furan rings is 1. The standard InChI is InChI=1S/C53H34N2O2/c1-3-9-35(10-4-1)37-17-24-44(25-18-37)55(45-26-19-38(20-27-45)42-16-15-36-11-7-8-14-41(36)31-42)46-28-21-39(22-29-46)43-23-30-50-47(32-43)48-33-49-52(34-51(48)56-50)57-53(54-49)40-12-5-2-6-13-40/h1-34H. The van der Waals surface area contributed by atoms with Crippen molar-refractivity contribution in [3.8, 4) is 44.8 Å². The van der Waals surface area contributed by atoms with Gasteiger partial charge >= 0.3 is 0 Å². The lowest BCUT2D eigenvalue weighted by Gasteiger charge is -2.26. The van der Waals surface area contributed by atoms with Gasteiger partial charge in [0.25, 0.3) is 0 Å². The van der Waals surface area contributed by atoms with E-state index in [9.17, 15) is 0 Å². The third kappa shape index (κ3) is 6.01. The third-order valence-electron chi connectivity index (χ3n) is 10.9. The Kier molecular flexibility index (Phi) is 7.78. The number of benzene rings is 9. The number of oxazole rings is 1. The molecule has 11 rings (SSSR count). The van der Waals surface area contributed by atoms with Crippen molar-refractivity contribution in [2.24, 2.45) is 0 Å². The summed E-state index contributed by atoms with van der Waals surface area (Å²) >= 11 is 0. The first-order valence-corrected chi connectivity index (χ1v) is 19.2. The molecule has 0 radical (unpaired) electrons. The second kappa shape index (κ2) is 13.6. The normalized spacial score (nSPS) is 11.5. The van der Waals surface area contributed by atoms with Crippen LogP contribution in [0.2, 0.25) is 0 Å². The summed E-state index contributed by atoms with van der Waals surface area (Å²) in [5.41, 5.74) is 14.3. The average molecular weight is 731 g/mol. The van der Waals surface area contributed by atoms with Gasteiger partial charge in [-0.3, -0.25) is 0 Å². The van der Waals surface area contributed by atoms with Gasteiger partial charge in [-0.25, -0.2) is 4.98 Å². The van der Waals surface area contributed by atoms with Gasteiger partial charge in [0.15, 0.2) is 5.58 Å². The second-order valence-corrected chi connectivity index (χ2v) is 14.4. The summed E-state index contributed by atoms with van der Waals surface area (Å²) in [6, 6.07) is 72.6. The van der Waals surface area contributed by atoms with E-state index in [4.69, 9.17) is 13.8 Å². The highest BCUT2D eigenvalue weighted by Gasteiger charge is 2.17. The summed E-state index contributed by atoms with van der Waals surface area (Å²) in [5, 5.41) is 4.55. The molecule has 0 N–H and O–H groups in total. The molecule has 4 heteroatoms. The van der Waals surface area contributed by atoms with Crippen LogP contribution in [0.3, 0.4) is 0 Å². The van der Waals surface area contributed by atoms with Crippen LogP contribution >= 0.6 is 0 Å². The molecule has 4 nitrogen and oxygen atoms in total. The largest absolute Gasteiger partial charge is 0.456 e. The van der Waals surface area contributed by atoms with E-state index in [0.29, 0.717) is 11.5 Å². The van der Waals surface area contributed by atoms with Crippen LogP contribution in [0.1, 0.15) is 0 Å². The molecule has 0 fully saturated rings. The summed E-state index contributed by atoms with van der Waals surface area (Å²) in [5.74, 6) is 0.602. The molecule has 2 aromatic heterocycles. The molecule has 57 heavy (non-hydrogen) atoms. The number of anilines is 3. The number of rotatable bonds is 7. The molecule has 0 saturated heterocycles. The second-order valence-electron chi connectivity index (χ2n) is 14.4. The number of fused-ring (bicyclic) bond motifs is 5. The molecule has 0 atom stereocenters. The van der Waals surface area contributed by atoms with Crippen molar-refractivity contribution in [3.63, 3.8) is 0 Å². The average Bonchev–Trinajstić information content (AvgIpc) is 3.87. The maximum atomic E-state index is 6.31. The first-order valence-electron chi connectivity index (χ1n) is 19.2. The van der Waals surface area contributed by atoms with Gasteiger partial charge in [0.2, 0.25) is 5.89 Å². The topological polar surface area (TPSA) is 42.4 Å². The zero-order valence-electron chi connectivity index (χ0n) is 30.8. The maximum absolute atomic E-state index is 6.31. The SMILES string of the molecule is c1ccc(-c2ccc(N(c3ccc(-c4ccc5ccccc5c4)cc3)c3ccc(-c4ccc5oc6cc7oc(-c8ccccc8)nc7cc6c5c4)cc3)cc2)cc1. The Balaban J connectivity index is 0.946. The quantitative estimate of drug-likeness (QED) is 0.164. The van der Waals surface area contributed by atoms with Gasteiger partial charge in [-0.1, -0.05) is 127 Å². The first kappa shape index (κ1) is 32.7. The van der Waals surface area contributed by atoms with Gasteiger partial charge in [0.1, 0.15) is 16.7 Å². The van der Waals surface area contributed by atoms with Crippen LogP contribution in [0, 0.1) is 0 Å². The van der Waals surface area contributed by atoms with Gasteiger partial charge in [-0.05, 0) is 117 Å². The molecule has 0 saturated carbocycles. The molecular weight excluding hydrogens is 697 g/mol. The summed E-state index contributed by atoms with van der Waals surface area (Å²) in [7, 11) is 0. The number of aromatic nitrogens is 1. The Bertz CT molecular complexity index is 3200. The molecule has 0 unspecified atom stereocenters. The lowest BCUT2D eigenvalue weighted by atomic mass is 10.0. The van der Waals surface area contributed by atoms with E-state index < -0.39 is 0 Å². The summed E-state index contributed by atoms with van der Waals surface area (Å²) in [6.07, 6.45) is 0. The molecular formula is C53H34N2O2. The van der Waals surface area contributed by atoms with E-state index in [-0.39, 0.29) is 0 Å². The number of nitrogens with zero attached hydrogens (tertiary/aromatic N) is 2. The van der Waals surface area contributed by atoms with Gasteiger partial charge in [-0.15, -0.1) is 0 Å². The fourth-order valence-corrected chi connectivity index (χ4v) is 7.94. The van der Waals surface area contributed by atoms with Crippen LogP contribution in [0.25, 0.3) is 88.6 Å². The van der Waals surface area contributed by atoms with E-state index in [2.05, 4.69) is 175 Å². The number of hydrogen-bond acceptors (Lipinski definition) is 4. The van der Waals surface area contributed by atoms with Crippen LogP contribution in [0.5, 0.6) is 0 Å². The van der Waals surface area contributed by atoms with E-state index in [1.165, 1.54) is 33.0 Å². The van der Waals surface area contributed by atoms with Crippen LogP contribution in [0.15, 0.2) is 215 Å². The summed E-state index contributed by atoms with van der Waals surface area (Å²) in [4.78, 5) is 7.14. The predicted octanol–water partition coefficient (Wildman–Crippen LogP) is 15.0. The molecule has 0 amide bonds. The lowest BCUT2D eigenvalue weighted by molar-refractivity contribution is 0.617. The Morgan fingerprint density at radius 3 is 1.46 bits per heavy atom. The fraction of sp³-hybridized carbons (Fsp3) is 0. The van der Waals surface area contributed by atoms with Gasteiger partial charge in [0, 0.05) is 39.5 Å². The lowest BCUT2D eigenvalue weighted by Crippen LogP contribution is -2.09. The van der Waals surface area contributed by atoms with Crippen LogP contribution in [0.4, 0.5) is 17.1 Å². The Labute approximate surface area is 329 Å². The highest BCUT2D eigenvalue weighted by atomic mass is 16.4. The zero-order valence-corrected chi connectivity index (χ0v) is 30.8. The van der Waals surface area contributed by atoms with Crippen molar-refractivity contribution in [3.05, 3.63) is 206 Å².